The second-order valence-electron chi connectivity index (χ2n) is 4.78. The van der Waals surface area contributed by atoms with E-state index in [4.69, 9.17) is 5.11 Å². The van der Waals surface area contributed by atoms with Crippen LogP contribution in [0.25, 0.3) is 0 Å². The minimum absolute atomic E-state index is 0.0526. The molecule has 6 heteroatoms. The fraction of sp³-hybridized carbons (Fsp3) is 0.267. The van der Waals surface area contributed by atoms with Crippen molar-refractivity contribution in [2.45, 2.75) is 26.7 Å². The molecule has 0 atom stereocenters. The number of nitrogens with one attached hydrogen (secondary N) is 1. The number of thiazole rings is 1. The van der Waals surface area contributed by atoms with Gasteiger partial charge in [-0.15, -0.1) is 11.3 Å². The molecule has 21 heavy (non-hydrogen) atoms. The van der Waals surface area contributed by atoms with Crippen LogP contribution in [0.3, 0.4) is 0 Å². The fourth-order valence-electron chi connectivity index (χ4n) is 1.93. The maximum absolute atomic E-state index is 12.0. The molecule has 0 saturated heterocycles. The van der Waals surface area contributed by atoms with Crippen molar-refractivity contribution in [1.29, 1.82) is 0 Å². The van der Waals surface area contributed by atoms with Gasteiger partial charge in [0.15, 0.2) is 0 Å². The zero-order valence-electron chi connectivity index (χ0n) is 11.8. The Labute approximate surface area is 126 Å². The fourth-order valence-corrected chi connectivity index (χ4v) is 2.99. The summed E-state index contributed by atoms with van der Waals surface area (Å²) in [6.45, 7) is 3.72. The Kier molecular flexibility index (Phi) is 4.70. The molecule has 0 radical (unpaired) electrons. The summed E-state index contributed by atoms with van der Waals surface area (Å²) < 4.78 is 0. The van der Waals surface area contributed by atoms with Gasteiger partial charge in [0.25, 0.3) is 0 Å². The average Bonchev–Trinajstić information content (AvgIpc) is 2.68. The van der Waals surface area contributed by atoms with Crippen LogP contribution < -0.4 is 5.32 Å². The molecule has 0 saturated carbocycles. The van der Waals surface area contributed by atoms with Crippen molar-refractivity contribution < 1.29 is 14.7 Å². The van der Waals surface area contributed by atoms with Crippen molar-refractivity contribution in [3.8, 4) is 0 Å². The lowest BCUT2D eigenvalue weighted by atomic mass is 10.2. The minimum atomic E-state index is -0.891. The number of carboxylic acids is 1. The normalized spacial score (nSPS) is 10.4. The first-order valence-corrected chi connectivity index (χ1v) is 7.29. The number of aliphatic carboxylic acids is 1. The predicted octanol–water partition coefficient (Wildman–Crippen LogP) is 2.57. The van der Waals surface area contributed by atoms with Gasteiger partial charge in [-0.25, -0.2) is 4.98 Å². The number of carboxylic acid groups (broad SMARTS) is 1. The summed E-state index contributed by atoms with van der Waals surface area (Å²) in [5.74, 6) is -1.05. The number of hydrogen-bond donors (Lipinski definition) is 2. The second-order valence-corrected chi connectivity index (χ2v) is 5.95. The number of benzene rings is 1. The highest BCUT2D eigenvalue weighted by atomic mass is 32.1. The van der Waals surface area contributed by atoms with Gasteiger partial charge in [-0.3, -0.25) is 9.59 Å². The molecule has 2 N–H and O–H groups in total. The minimum Gasteiger partial charge on any atom is -0.481 e. The highest BCUT2D eigenvalue weighted by Crippen LogP contribution is 2.20. The Morgan fingerprint density at radius 1 is 1.29 bits per heavy atom. The van der Waals surface area contributed by atoms with E-state index < -0.39 is 5.97 Å². The number of anilines is 1. The molecule has 0 aliphatic heterocycles. The van der Waals surface area contributed by atoms with Gasteiger partial charge in [-0.1, -0.05) is 12.1 Å². The lowest BCUT2D eigenvalue weighted by Crippen LogP contribution is -2.14. The van der Waals surface area contributed by atoms with Crippen LogP contribution in [0.4, 0.5) is 5.69 Å². The molecule has 1 amide bonds. The third-order valence-electron chi connectivity index (χ3n) is 2.86. The summed E-state index contributed by atoms with van der Waals surface area (Å²) in [4.78, 5) is 27.7. The van der Waals surface area contributed by atoms with Gasteiger partial charge >= 0.3 is 5.97 Å². The molecule has 1 aromatic carbocycles. The summed E-state index contributed by atoms with van der Waals surface area (Å²) in [5, 5.41) is 12.2. The number of aryl methyl sites for hydroxylation is 2. The predicted molar refractivity (Wildman–Crippen MR) is 81.7 cm³/mol. The van der Waals surface area contributed by atoms with Gasteiger partial charge in [0.1, 0.15) is 5.01 Å². The smallest absolute Gasteiger partial charge is 0.308 e. The van der Waals surface area contributed by atoms with E-state index in [0.29, 0.717) is 15.6 Å². The maximum Gasteiger partial charge on any atom is 0.308 e. The van der Waals surface area contributed by atoms with E-state index in [-0.39, 0.29) is 18.7 Å². The quantitative estimate of drug-likeness (QED) is 0.889. The summed E-state index contributed by atoms with van der Waals surface area (Å²) >= 11 is 1.28. The van der Waals surface area contributed by atoms with Crippen LogP contribution >= 0.6 is 11.3 Å². The molecule has 0 fully saturated rings. The zero-order valence-corrected chi connectivity index (χ0v) is 12.7. The van der Waals surface area contributed by atoms with Crippen molar-refractivity contribution in [1.82, 2.24) is 4.98 Å². The Balaban J connectivity index is 2.01. The van der Waals surface area contributed by atoms with E-state index in [2.05, 4.69) is 10.3 Å². The molecule has 0 spiro atoms. The first-order chi connectivity index (χ1) is 9.94. The van der Waals surface area contributed by atoms with Crippen molar-refractivity contribution in [2.75, 3.05) is 5.32 Å². The van der Waals surface area contributed by atoms with Gasteiger partial charge in [0, 0.05) is 10.6 Å². The highest BCUT2D eigenvalue weighted by Gasteiger charge is 2.13. The van der Waals surface area contributed by atoms with Gasteiger partial charge in [-0.2, -0.15) is 0 Å². The Bertz CT molecular complexity index is 679. The van der Waals surface area contributed by atoms with Crippen molar-refractivity contribution in [3.63, 3.8) is 0 Å². The summed E-state index contributed by atoms with van der Waals surface area (Å²) in [6.07, 6.45) is 0.0993. The molecule has 110 valence electrons. The Morgan fingerprint density at radius 2 is 2.05 bits per heavy atom. The number of amides is 1. The van der Waals surface area contributed by atoms with Gasteiger partial charge < -0.3 is 10.4 Å². The van der Waals surface area contributed by atoms with E-state index in [1.54, 1.807) is 6.92 Å². The summed E-state index contributed by atoms with van der Waals surface area (Å²) in [5.41, 5.74) is 2.50. The second kappa shape index (κ2) is 6.49. The maximum atomic E-state index is 12.0. The van der Waals surface area contributed by atoms with Crippen LogP contribution in [-0.4, -0.2) is 22.0 Å². The molecule has 2 aromatic rings. The molecular formula is C15H16N2O3S. The standard InChI is InChI=1S/C15H16N2O3S/c1-9-4-3-5-11(6-9)17-13(18)8-14-16-10(2)12(21-14)7-15(19)20/h3-6H,7-8H2,1-2H3,(H,17,18)(H,19,20). The molecule has 5 nitrogen and oxygen atoms in total. The van der Waals surface area contributed by atoms with Crippen LogP contribution in [0.1, 0.15) is 21.1 Å². The third-order valence-corrected chi connectivity index (χ3v) is 4.02. The monoisotopic (exact) mass is 304 g/mol. The molecular weight excluding hydrogens is 288 g/mol. The van der Waals surface area contributed by atoms with Gasteiger partial charge in [0.2, 0.25) is 5.91 Å². The van der Waals surface area contributed by atoms with Crippen molar-refractivity contribution in [2.24, 2.45) is 0 Å². The molecule has 0 aliphatic carbocycles. The number of aromatic nitrogens is 1. The van der Waals surface area contributed by atoms with Crippen LogP contribution in [0.2, 0.25) is 0 Å². The lowest BCUT2D eigenvalue weighted by Gasteiger charge is -2.04. The molecule has 0 aliphatic rings. The van der Waals surface area contributed by atoms with Crippen LogP contribution in [0, 0.1) is 13.8 Å². The van der Waals surface area contributed by atoms with Crippen LogP contribution in [0.5, 0.6) is 0 Å². The zero-order chi connectivity index (χ0) is 15.4. The van der Waals surface area contributed by atoms with Crippen molar-refractivity contribution >= 4 is 28.9 Å². The first-order valence-electron chi connectivity index (χ1n) is 6.47. The number of carbonyl (C=O) groups excluding carboxylic acids is 1. The van der Waals surface area contributed by atoms with E-state index in [0.717, 1.165) is 11.3 Å². The molecule has 1 heterocycles. The van der Waals surface area contributed by atoms with E-state index in [9.17, 15) is 9.59 Å². The molecule has 2 rings (SSSR count). The SMILES string of the molecule is Cc1cccc(NC(=O)Cc2nc(C)c(CC(=O)O)s2)c1. The Hall–Kier alpha value is -2.21. The van der Waals surface area contributed by atoms with Crippen LogP contribution in [0.15, 0.2) is 24.3 Å². The first kappa shape index (κ1) is 15.2. The topological polar surface area (TPSA) is 79.3 Å². The molecule has 0 unspecified atom stereocenters. The van der Waals surface area contributed by atoms with Gasteiger partial charge in [0.05, 0.1) is 18.5 Å². The summed E-state index contributed by atoms with van der Waals surface area (Å²) in [7, 11) is 0. The Morgan fingerprint density at radius 3 is 2.71 bits per heavy atom. The van der Waals surface area contributed by atoms with Crippen molar-refractivity contribution in [3.05, 3.63) is 45.4 Å². The third kappa shape index (κ3) is 4.39. The number of hydrogen-bond acceptors (Lipinski definition) is 4. The highest BCUT2D eigenvalue weighted by molar-refractivity contribution is 7.12. The van der Waals surface area contributed by atoms with E-state index in [1.807, 2.05) is 31.2 Å². The molecule has 0 bridgehead atoms. The largest absolute Gasteiger partial charge is 0.481 e. The van der Waals surface area contributed by atoms with Gasteiger partial charge in [-0.05, 0) is 31.5 Å². The molecule has 1 aromatic heterocycles. The average molecular weight is 304 g/mol. The number of rotatable bonds is 5. The summed E-state index contributed by atoms with van der Waals surface area (Å²) in [6, 6.07) is 7.55. The number of carbonyl (C=O) groups is 2. The lowest BCUT2D eigenvalue weighted by molar-refractivity contribution is -0.136. The van der Waals surface area contributed by atoms with E-state index in [1.165, 1.54) is 11.3 Å². The van der Waals surface area contributed by atoms with E-state index >= 15 is 0 Å². The van der Waals surface area contributed by atoms with Crippen LogP contribution in [-0.2, 0) is 22.4 Å². The number of nitrogens with zero attached hydrogens (tertiary/aromatic N) is 1.